The van der Waals surface area contributed by atoms with Crippen LogP contribution in [0.4, 0.5) is 0 Å². The molecule has 6 nitrogen and oxygen atoms in total. The average molecular weight is 458 g/mol. The molecule has 0 atom stereocenters. The Morgan fingerprint density at radius 1 is 0.917 bits per heavy atom. The van der Waals surface area contributed by atoms with Crippen LogP contribution in [0.3, 0.4) is 0 Å². The molecule has 0 heterocycles. The summed E-state index contributed by atoms with van der Waals surface area (Å²) < 4.78 is 1.09. The third-order valence-electron chi connectivity index (χ3n) is 3.08. The van der Waals surface area contributed by atoms with Gasteiger partial charge in [0.15, 0.2) is 5.78 Å². The van der Waals surface area contributed by atoms with Crippen molar-refractivity contribution in [3.8, 4) is 17.2 Å². The Morgan fingerprint density at radius 3 is 2.17 bits per heavy atom. The minimum atomic E-state index is -1.43. The molecular formula is C16H10Br2O6. The van der Waals surface area contributed by atoms with Crippen LogP contribution in [-0.2, 0) is 0 Å². The lowest BCUT2D eigenvalue weighted by Crippen LogP contribution is -2.02. The maximum absolute atomic E-state index is 12.2. The summed E-state index contributed by atoms with van der Waals surface area (Å²) in [5.74, 6) is -3.39. The molecule has 0 saturated heterocycles. The molecule has 2 aromatic carbocycles. The topological polar surface area (TPSA) is 115 Å². The predicted octanol–water partition coefficient (Wildman–Crippen LogP) is 3.92. The summed E-state index contributed by atoms with van der Waals surface area (Å²) in [6, 6.07) is 4.87. The number of ketones is 1. The summed E-state index contributed by atoms with van der Waals surface area (Å²) in [6.07, 6.45) is 2.39. The molecule has 0 radical (unpaired) electrons. The van der Waals surface area contributed by atoms with Crippen molar-refractivity contribution in [1.82, 2.24) is 0 Å². The largest absolute Gasteiger partial charge is 0.507 e. The number of aromatic carboxylic acids is 1. The van der Waals surface area contributed by atoms with E-state index in [4.69, 9.17) is 5.11 Å². The zero-order chi connectivity index (χ0) is 18.0. The molecule has 2 aromatic rings. The second-order valence-corrected chi connectivity index (χ2v) is 6.48. The molecule has 0 amide bonds. The second kappa shape index (κ2) is 7.06. The number of allylic oxidation sites excluding steroid dienone is 1. The Morgan fingerprint density at radius 2 is 1.54 bits per heavy atom. The first-order valence-electron chi connectivity index (χ1n) is 6.40. The SMILES string of the molecule is O=C(O)c1cc(C(=O)/C=C\c2cc(Br)cc(Br)c2O)c(O)cc1O. The molecule has 0 fully saturated rings. The van der Waals surface area contributed by atoms with Gasteiger partial charge in [-0.15, -0.1) is 0 Å². The highest BCUT2D eigenvalue weighted by molar-refractivity contribution is 9.11. The van der Waals surface area contributed by atoms with E-state index in [1.807, 2.05) is 0 Å². The minimum absolute atomic E-state index is 0.0802. The van der Waals surface area contributed by atoms with Crippen LogP contribution in [0.15, 0.2) is 39.3 Å². The first-order chi connectivity index (χ1) is 11.2. The van der Waals surface area contributed by atoms with Crippen molar-refractivity contribution in [3.05, 3.63) is 56.0 Å². The molecule has 24 heavy (non-hydrogen) atoms. The molecule has 0 unspecified atom stereocenters. The van der Waals surface area contributed by atoms with E-state index in [1.54, 1.807) is 12.1 Å². The Balaban J connectivity index is 2.40. The summed E-state index contributed by atoms with van der Waals surface area (Å²) in [4.78, 5) is 23.2. The third kappa shape index (κ3) is 3.77. The standard InChI is InChI=1S/C16H10Br2O6/c17-8-3-7(15(22)11(18)4-8)1-2-12(19)9-5-10(16(23)24)14(21)6-13(9)20/h1-6,20-22H,(H,23,24)/b2-1-. The van der Waals surface area contributed by atoms with E-state index in [1.165, 1.54) is 6.08 Å². The molecule has 0 bridgehead atoms. The van der Waals surface area contributed by atoms with Gasteiger partial charge >= 0.3 is 5.97 Å². The maximum Gasteiger partial charge on any atom is 0.339 e. The molecule has 2 rings (SSSR count). The van der Waals surface area contributed by atoms with Crippen molar-refractivity contribution in [2.75, 3.05) is 0 Å². The molecule has 0 saturated carbocycles. The number of halogens is 2. The Hall–Kier alpha value is -2.32. The van der Waals surface area contributed by atoms with Crippen LogP contribution in [0.25, 0.3) is 6.08 Å². The zero-order valence-electron chi connectivity index (χ0n) is 11.8. The Labute approximate surface area is 152 Å². The predicted molar refractivity (Wildman–Crippen MR) is 93.6 cm³/mol. The van der Waals surface area contributed by atoms with E-state index >= 15 is 0 Å². The normalized spacial score (nSPS) is 10.9. The highest BCUT2D eigenvalue weighted by Gasteiger charge is 2.17. The van der Waals surface area contributed by atoms with Crippen molar-refractivity contribution in [2.24, 2.45) is 0 Å². The third-order valence-corrected chi connectivity index (χ3v) is 4.14. The van der Waals surface area contributed by atoms with Gasteiger partial charge in [-0.2, -0.15) is 0 Å². The zero-order valence-corrected chi connectivity index (χ0v) is 15.0. The van der Waals surface area contributed by atoms with Crippen molar-refractivity contribution in [2.45, 2.75) is 0 Å². The Kier molecular flexibility index (Phi) is 5.30. The summed E-state index contributed by atoms with van der Waals surface area (Å²) in [7, 11) is 0. The van der Waals surface area contributed by atoms with Crippen LogP contribution in [0.2, 0.25) is 0 Å². The lowest BCUT2D eigenvalue weighted by molar-refractivity contribution is 0.0693. The average Bonchev–Trinajstić information content (AvgIpc) is 2.48. The van der Waals surface area contributed by atoms with Crippen molar-refractivity contribution < 1.29 is 30.0 Å². The number of aromatic hydroxyl groups is 3. The van der Waals surface area contributed by atoms with Crippen LogP contribution in [0, 0.1) is 0 Å². The fourth-order valence-corrected chi connectivity index (χ4v) is 3.17. The monoisotopic (exact) mass is 456 g/mol. The fourth-order valence-electron chi connectivity index (χ4n) is 1.91. The van der Waals surface area contributed by atoms with Crippen LogP contribution in [0.1, 0.15) is 26.3 Å². The quantitative estimate of drug-likeness (QED) is 0.408. The van der Waals surface area contributed by atoms with Crippen molar-refractivity contribution in [3.63, 3.8) is 0 Å². The summed E-state index contributed by atoms with van der Waals surface area (Å²) in [5, 5.41) is 38.1. The van der Waals surface area contributed by atoms with Crippen LogP contribution < -0.4 is 0 Å². The van der Waals surface area contributed by atoms with Gasteiger partial charge in [-0.3, -0.25) is 4.79 Å². The number of hydrogen-bond acceptors (Lipinski definition) is 5. The molecule has 4 N–H and O–H groups in total. The number of carbonyl (C=O) groups excluding carboxylic acids is 1. The van der Waals surface area contributed by atoms with Crippen molar-refractivity contribution in [1.29, 1.82) is 0 Å². The van der Waals surface area contributed by atoms with Gasteiger partial charge in [0, 0.05) is 16.1 Å². The minimum Gasteiger partial charge on any atom is -0.507 e. The Bertz CT molecular complexity index is 873. The number of carboxylic acids is 1. The van der Waals surface area contributed by atoms with Gasteiger partial charge in [-0.25, -0.2) is 4.79 Å². The van der Waals surface area contributed by atoms with E-state index < -0.39 is 28.8 Å². The highest BCUT2D eigenvalue weighted by Crippen LogP contribution is 2.33. The number of phenols is 3. The van der Waals surface area contributed by atoms with Crippen molar-refractivity contribution >= 4 is 49.7 Å². The van der Waals surface area contributed by atoms with Crippen LogP contribution >= 0.6 is 31.9 Å². The molecule has 0 aromatic heterocycles. The maximum atomic E-state index is 12.2. The first-order valence-corrected chi connectivity index (χ1v) is 7.99. The van der Waals surface area contributed by atoms with E-state index in [0.29, 0.717) is 14.5 Å². The smallest absolute Gasteiger partial charge is 0.339 e. The number of hydrogen-bond donors (Lipinski definition) is 4. The fraction of sp³-hybridized carbons (Fsp3) is 0. The lowest BCUT2D eigenvalue weighted by Gasteiger charge is -2.06. The van der Waals surface area contributed by atoms with Gasteiger partial charge in [0.25, 0.3) is 0 Å². The molecule has 0 spiro atoms. The summed E-state index contributed by atoms with van der Waals surface area (Å²) in [5.41, 5.74) is -0.450. The number of rotatable bonds is 4. The lowest BCUT2D eigenvalue weighted by atomic mass is 10.0. The van der Waals surface area contributed by atoms with E-state index in [0.717, 1.165) is 18.2 Å². The van der Waals surface area contributed by atoms with Gasteiger partial charge in [-0.1, -0.05) is 15.9 Å². The van der Waals surface area contributed by atoms with E-state index in [2.05, 4.69) is 31.9 Å². The molecule has 0 aliphatic carbocycles. The highest BCUT2D eigenvalue weighted by atomic mass is 79.9. The van der Waals surface area contributed by atoms with Gasteiger partial charge in [-0.05, 0) is 46.3 Å². The number of phenolic OH excluding ortho intramolecular Hbond substituents is 2. The van der Waals surface area contributed by atoms with Gasteiger partial charge in [0.1, 0.15) is 22.8 Å². The first kappa shape index (κ1) is 18.0. The molecule has 8 heteroatoms. The van der Waals surface area contributed by atoms with Crippen LogP contribution in [-0.4, -0.2) is 32.2 Å². The van der Waals surface area contributed by atoms with Gasteiger partial charge < -0.3 is 20.4 Å². The van der Waals surface area contributed by atoms with E-state index in [9.17, 15) is 24.9 Å². The summed E-state index contributed by atoms with van der Waals surface area (Å²) in [6.45, 7) is 0. The van der Waals surface area contributed by atoms with Gasteiger partial charge in [0.05, 0.1) is 10.0 Å². The number of benzene rings is 2. The molecule has 0 aliphatic heterocycles. The number of carbonyl (C=O) groups is 2. The van der Waals surface area contributed by atoms with Crippen LogP contribution in [0.5, 0.6) is 17.2 Å². The molecule has 124 valence electrons. The molecular weight excluding hydrogens is 448 g/mol. The molecule has 0 aliphatic rings. The second-order valence-electron chi connectivity index (χ2n) is 4.71. The van der Waals surface area contributed by atoms with E-state index in [-0.39, 0.29) is 11.3 Å². The summed E-state index contributed by atoms with van der Waals surface area (Å²) >= 11 is 6.41. The van der Waals surface area contributed by atoms with Gasteiger partial charge in [0.2, 0.25) is 0 Å². The number of carboxylic acid groups (broad SMARTS) is 1.